The quantitative estimate of drug-likeness (QED) is 0.892. The Morgan fingerprint density at radius 3 is 2.65 bits per heavy atom. The molecule has 0 aliphatic heterocycles. The van der Waals surface area contributed by atoms with E-state index in [1.165, 1.54) is 0 Å². The van der Waals surface area contributed by atoms with Gasteiger partial charge < -0.3 is 9.84 Å². The van der Waals surface area contributed by atoms with Gasteiger partial charge in [0.15, 0.2) is 0 Å². The van der Waals surface area contributed by atoms with Gasteiger partial charge in [-0.15, -0.1) is 0 Å². The number of phenolic OH excluding ortho intramolecular Hbond substituents is 1. The molecule has 1 N–H and O–H groups in total. The van der Waals surface area contributed by atoms with E-state index in [1.54, 1.807) is 18.2 Å². The smallest absolute Gasteiger partial charge is 0.138 e. The van der Waals surface area contributed by atoms with Gasteiger partial charge in [-0.25, -0.2) is 0 Å². The van der Waals surface area contributed by atoms with E-state index < -0.39 is 0 Å². The first kappa shape index (κ1) is 11.8. The van der Waals surface area contributed by atoms with Crippen molar-refractivity contribution in [2.24, 2.45) is 0 Å². The Kier molecular flexibility index (Phi) is 3.55. The lowest BCUT2D eigenvalue weighted by molar-refractivity contribution is 0.299. The molecule has 0 saturated carbocycles. The average molecular weight is 249 g/mol. The molecule has 0 spiro atoms. The van der Waals surface area contributed by atoms with Crippen LogP contribution in [0.4, 0.5) is 0 Å². The molecule has 2 aromatic rings. The first-order valence-corrected chi connectivity index (χ1v) is 5.70. The fraction of sp³-hybridized carbons (Fsp3) is 0.143. The van der Waals surface area contributed by atoms with E-state index in [1.807, 2.05) is 31.2 Å². The van der Waals surface area contributed by atoms with Gasteiger partial charge in [0.25, 0.3) is 0 Å². The van der Waals surface area contributed by atoms with Gasteiger partial charge in [-0.1, -0.05) is 35.9 Å². The Morgan fingerprint density at radius 2 is 1.94 bits per heavy atom. The van der Waals surface area contributed by atoms with Crippen LogP contribution in [0.1, 0.15) is 11.1 Å². The molecule has 0 bridgehead atoms. The van der Waals surface area contributed by atoms with Crippen LogP contribution < -0.4 is 4.74 Å². The van der Waals surface area contributed by atoms with Crippen LogP contribution in [0.2, 0.25) is 5.02 Å². The summed E-state index contributed by atoms with van der Waals surface area (Å²) in [6, 6.07) is 12.8. The highest BCUT2D eigenvalue weighted by atomic mass is 35.5. The average Bonchev–Trinajstić information content (AvgIpc) is 2.30. The summed E-state index contributed by atoms with van der Waals surface area (Å²) in [5.41, 5.74) is 1.76. The van der Waals surface area contributed by atoms with Crippen molar-refractivity contribution in [2.75, 3.05) is 0 Å². The zero-order valence-electron chi connectivity index (χ0n) is 9.48. The van der Waals surface area contributed by atoms with Crippen LogP contribution in [0.5, 0.6) is 11.5 Å². The van der Waals surface area contributed by atoms with E-state index in [2.05, 4.69) is 0 Å². The van der Waals surface area contributed by atoms with Crippen LogP contribution in [-0.2, 0) is 6.61 Å². The molecule has 0 saturated heterocycles. The van der Waals surface area contributed by atoms with E-state index in [9.17, 15) is 5.11 Å². The first-order chi connectivity index (χ1) is 8.16. The molecule has 0 heterocycles. The highest BCUT2D eigenvalue weighted by Gasteiger charge is 2.04. The van der Waals surface area contributed by atoms with Crippen molar-refractivity contribution in [1.82, 2.24) is 0 Å². The van der Waals surface area contributed by atoms with Crippen LogP contribution >= 0.6 is 11.6 Å². The number of hydrogen-bond acceptors (Lipinski definition) is 2. The molecule has 0 fully saturated rings. The van der Waals surface area contributed by atoms with Gasteiger partial charge in [-0.05, 0) is 30.7 Å². The van der Waals surface area contributed by atoms with E-state index in [-0.39, 0.29) is 5.75 Å². The summed E-state index contributed by atoms with van der Waals surface area (Å²) in [5.74, 6) is 0.867. The molecule has 2 nitrogen and oxygen atoms in total. The topological polar surface area (TPSA) is 29.5 Å². The van der Waals surface area contributed by atoms with Crippen molar-refractivity contribution >= 4 is 11.6 Å². The number of aryl methyl sites for hydroxylation is 1. The monoisotopic (exact) mass is 248 g/mol. The molecule has 0 unspecified atom stereocenters. The molecule has 0 amide bonds. The molecule has 88 valence electrons. The Morgan fingerprint density at radius 1 is 1.18 bits per heavy atom. The van der Waals surface area contributed by atoms with E-state index in [4.69, 9.17) is 16.3 Å². The second-order valence-electron chi connectivity index (χ2n) is 3.85. The molecular formula is C14H13ClO2. The number of ether oxygens (including phenoxy) is 1. The third-order valence-electron chi connectivity index (χ3n) is 2.46. The molecule has 0 atom stereocenters. The molecule has 0 aromatic heterocycles. The van der Waals surface area contributed by atoms with Crippen molar-refractivity contribution in [2.45, 2.75) is 13.5 Å². The highest BCUT2D eigenvalue weighted by molar-refractivity contribution is 6.32. The zero-order valence-corrected chi connectivity index (χ0v) is 10.2. The van der Waals surface area contributed by atoms with E-state index in [0.29, 0.717) is 17.4 Å². The number of hydrogen-bond donors (Lipinski definition) is 1. The third kappa shape index (κ3) is 2.92. The minimum absolute atomic E-state index is 0.247. The van der Waals surface area contributed by atoms with Crippen molar-refractivity contribution in [3.05, 3.63) is 58.6 Å². The van der Waals surface area contributed by atoms with Gasteiger partial charge >= 0.3 is 0 Å². The maximum Gasteiger partial charge on any atom is 0.138 e. The highest BCUT2D eigenvalue weighted by Crippen LogP contribution is 2.26. The molecule has 0 aliphatic carbocycles. The Hall–Kier alpha value is -1.67. The summed E-state index contributed by atoms with van der Waals surface area (Å²) < 4.78 is 5.55. The summed E-state index contributed by atoms with van der Waals surface area (Å²) in [4.78, 5) is 0. The number of rotatable bonds is 3. The molecule has 2 rings (SSSR count). The van der Waals surface area contributed by atoms with Crippen LogP contribution in [0.25, 0.3) is 0 Å². The summed E-state index contributed by atoms with van der Waals surface area (Å²) in [7, 11) is 0. The van der Waals surface area contributed by atoms with Gasteiger partial charge in [-0.2, -0.15) is 0 Å². The maximum absolute atomic E-state index is 9.73. The Bertz CT molecular complexity index is 523. The zero-order chi connectivity index (χ0) is 12.3. The number of phenols is 1. The first-order valence-electron chi connectivity index (χ1n) is 5.32. The number of halogens is 1. The van der Waals surface area contributed by atoms with Crippen molar-refractivity contribution < 1.29 is 9.84 Å². The van der Waals surface area contributed by atoms with Crippen molar-refractivity contribution in [3.63, 3.8) is 0 Å². The predicted molar refractivity (Wildman–Crippen MR) is 68.6 cm³/mol. The summed E-state index contributed by atoms with van der Waals surface area (Å²) in [5, 5.41) is 10.3. The molecule has 0 radical (unpaired) electrons. The summed E-state index contributed by atoms with van der Waals surface area (Å²) in [6.45, 7) is 2.23. The lowest BCUT2D eigenvalue weighted by Crippen LogP contribution is -1.96. The Balaban J connectivity index is 2.10. The van der Waals surface area contributed by atoms with Gasteiger partial charge in [0.1, 0.15) is 18.1 Å². The van der Waals surface area contributed by atoms with Gasteiger partial charge in [-0.3, -0.25) is 0 Å². The molecule has 3 heteroatoms. The minimum atomic E-state index is 0.247. The van der Waals surface area contributed by atoms with Crippen LogP contribution in [0.3, 0.4) is 0 Å². The van der Waals surface area contributed by atoms with Gasteiger partial charge in [0, 0.05) is 5.56 Å². The van der Waals surface area contributed by atoms with E-state index in [0.717, 1.165) is 11.1 Å². The fourth-order valence-electron chi connectivity index (χ4n) is 1.51. The van der Waals surface area contributed by atoms with E-state index >= 15 is 0 Å². The Labute approximate surface area is 105 Å². The maximum atomic E-state index is 9.73. The molecular weight excluding hydrogens is 236 g/mol. The van der Waals surface area contributed by atoms with Crippen molar-refractivity contribution in [3.8, 4) is 11.5 Å². The SMILES string of the molecule is Cc1ccc(COc2ccccc2Cl)c(O)c1. The number of benzene rings is 2. The number of aromatic hydroxyl groups is 1. The standard InChI is InChI=1S/C14H13ClO2/c1-10-6-7-11(13(16)8-10)9-17-14-5-3-2-4-12(14)15/h2-8,16H,9H2,1H3. The largest absolute Gasteiger partial charge is 0.508 e. The lowest BCUT2D eigenvalue weighted by atomic mass is 10.1. The second-order valence-corrected chi connectivity index (χ2v) is 4.26. The van der Waals surface area contributed by atoms with Gasteiger partial charge in [0.05, 0.1) is 5.02 Å². The van der Waals surface area contributed by atoms with Crippen LogP contribution in [0.15, 0.2) is 42.5 Å². The van der Waals surface area contributed by atoms with Gasteiger partial charge in [0.2, 0.25) is 0 Å². The normalized spacial score (nSPS) is 10.2. The number of para-hydroxylation sites is 1. The second kappa shape index (κ2) is 5.11. The van der Waals surface area contributed by atoms with Crippen LogP contribution in [-0.4, -0.2) is 5.11 Å². The molecule has 17 heavy (non-hydrogen) atoms. The summed E-state index contributed by atoms with van der Waals surface area (Å²) >= 11 is 5.97. The minimum Gasteiger partial charge on any atom is -0.508 e. The molecule has 2 aromatic carbocycles. The summed E-state index contributed by atoms with van der Waals surface area (Å²) in [6.07, 6.45) is 0. The fourth-order valence-corrected chi connectivity index (χ4v) is 1.70. The molecule has 0 aliphatic rings. The predicted octanol–water partition coefficient (Wildman–Crippen LogP) is 3.93. The van der Waals surface area contributed by atoms with Crippen molar-refractivity contribution in [1.29, 1.82) is 0 Å². The third-order valence-corrected chi connectivity index (χ3v) is 2.77. The van der Waals surface area contributed by atoms with Crippen LogP contribution in [0, 0.1) is 6.92 Å². The lowest BCUT2D eigenvalue weighted by Gasteiger charge is -2.09.